The maximum Gasteiger partial charge on any atom is 0.134 e. The van der Waals surface area contributed by atoms with Crippen LogP contribution in [0.3, 0.4) is 0 Å². The number of nitrogens with one attached hydrogen (secondary N) is 1. The first kappa shape index (κ1) is 11.1. The molecule has 1 aromatic rings. The molecule has 1 aliphatic heterocycles. The Morgan fingerprint density at radius 1 is 1.44 bits per heavy atom. The van der Waals surface area contributed by atoms with Crippen molar-refractivity contribution in [3.63, 3.8) is 0 Å². The Morgan fingerprint density at radius 2 is 2.19 bits per heavy atom. The molecule has 0 radical (unpaired) electrons. The molecule has 0 aliphatic carbocycles. The zero-order valence-corrected chi connectivity index (χ0v) is 9.69. The Labute approximate surface area is 96.1 Å². The molecule has 0 atom stereocenters. The highest BCUT2D eigenvalue weighted by molar-refractivity contribution is 5.48. The predicted octanol–water partition coefficient (Wildman–Crippen LogP) is 0.693. The Morgan fingerprint density at radius 3 is 2.81 bits per heavy atom. The van der Waals surface area contributed by atoms with Gasteiger partial charge in [-0.3, -0.25) is 0 Å². The number of anilines is 2. The van der Waals surface area contributed by atoms with Gasteiger partial charge in [0.1, 0.15) is 18.0 Å². The van der Waals surface area contributed by atoms with Crippen LogP contribution in [0.15, 0.2) is 12.4 Å². The molecule has 5 heteroatoms. The SMILES string of the molecule is CNc1cc(N2CCC(CN)CC2)ncn1. The van der Waals surface area contributed by atoms with Gasteiger partial charge in [0.05, 0.1) is 0 Å². The second-order valence-corrected chi connectivity index (χ2v) is 4.18. The lowest BCUT2D eigenvalue weighted by Crippen LogP contribution is -2.36. The molecule has 0 unspecified atom stereocenters. The number of nitrogens with two attached hydrogens (primary N) is 1. The fourth-order valence-corrected chi connectivity index (χ4v) is 2.05. The fraction of sp³-hybridized carbons (Fsp3) is 0.636. The summed E-state index contributed by atoms with van der Waals surface area (Å²) in [6, 6.07) is 1.99. The second kappa shape index (κ2) is 5.12. The van der Waals surface area contributed by atoms with Gasteiger partial charge in [-0.1, -0.05) is 0 Å². The minimum atomic E-state index is 0.682. The Kier molecular flexibility index (Phi) is 3.56. The van der Waals surface area contributed by atoms with E-state index in [1.54, 1.807) is 6.33 Å². The number of nitrogens with zero attached hydrogens (tertiary/aromatic N) is 3. The van der Waals surface area contributed by atoms with Gasteiger partial charge in [0.25, 0.3) is 0 Å². The molecule has 1 aliphatic rings. The van der Waals surface area contributed by atoms with E-state index in [4.69, 9.17) is 5.73 Å². The van der Waals surface area contributed by atoms with Crippen molar-refractivity contribution in [1.82, 2.24) is 9.97 Å². The van der Waals surface area contributed by atoms with Crippen LogP contribution in [0.5, 0.6) is 0 Å². The third kappa shape index (κ3) is 2.41. The minimum Gasteiger partial charge on any atom is -0.373 e. The van der Waals surface area contributed by atoms with Crippen molar-refractivity contribution >= 4 is 11.6 Å². The van der Waals surface area contributed by atoms with E-state index in [9.17, 15) is 0 Å². The van der Waals surface area contributed by atoms with E-state index in [0.717, 1.165) is 44.1 Å². The molecule has 0 amide bonds. The minimum absolute atomic E-state index is 0.682. The summed E-state index contributed by atoms with van der Waals surface area (Å²) in [5, 5.41) is 3.03. The first-order valence-corrected chi connectivity index (χ1v) is 5.78. The van der Waals surface area contributed by atoms with E-state index in [-0.39, 0.29) is 0 Å². The van der Waals surface area contributed by atoms with Gasteiger partial charge in [-0.05, 0) is 25.3 Å². The summed E-state index contributed by atoms with van der Waals surface area (Å²) in [5.74, 6) is 2.56. The average molecular weight is 221 g/mol. The lowest BCUT2D eigenvalue weighted by Gasteiger charge is -2.32. The van der Waals surface area contributed by atoms with Gasteiger partial charge >= 0.3 is 0 Å². The molecule has 1 fully saturated rings. The highest BCUT2D eigenvalue weighted by Crippen LogP contribution is 2.21. The number of piperidine rings is 1. The van der Waals surface area contributed by atoms with Gasteiger partial charge < -0.3 is 16.0 Å². The van der Waals surface area contributed by atoms with Gasteiger partial charge in [0, 0.05) is 26.2 Å². The lowest BCUT2D eigenvalue weighted by atomic mass is 9.97. The quantitative estimate of drug-likeness (QED) is 0.786. The highest BCUT2D eigenvalue weighted by Gasteiger charge is 2.19. The van der Waals surface area contributed by atoms with Crippen LogP contribution in [-0.4, -0.2) is 36.6 Å². The van der Waals surface area contributed by atoms with Crippen molar-refractivity contribution in [1.29, 1.82) is 0 Å². The van der Waals surface area contributed by atoms with E-state index in [1.807, 2.05) is 13.1 Å². The summed E-state index contributed by atoms with van der Waals surface area (Å²) in [4.78, 5) is 10.7. The van der Waals surface area contributed by atoms with Crippen LogP contribution in [0.1, 0.15) is 12.8 Å². The molecule has 0 spiro atoms. The highest BCUT2D eigenvalue weighted by atomic mass is 15.2. The fourth-order valence-electron chi connectivity index (χ4n) is 2.05. The number of hydrogen-bond acceptors (Lipinski definition) is 5. The second-order valence-electron chi connectivity index (χ2n) is 4.18. The van der Waals surface area contributed by atoms with Gasteiger partial charge in [0.15, 0.2) is 0 Å². The van der Waals surface area contributed by atoms with Gasteiger partial charge in [-0.15, -0.1) is 0 Å². The summed E-state index contributed by atoms with van der Waals surface area (Å²) in [6.45, 7) is 2.89. The standard InChI is InChI=1S/C11H19N5/c1-13-10-6-11(15-8-14-10)16-4-2-9(7-12)3-5-16/h6,8-9H,2-5,7,12H2,1H3,(H,13,14,15). The zero-order chi connectivity index (χ0) is 11.4. The van der Waals surface area contributed by atoms with Crippen molar-refractivity contribution in [3.8, 4) is 0 Å². The van der Waals surface area contributed by atoms with Crippen LogP contribution in [0.25, 0.3) is 0 Å². The Hall–Kier alpha value is -1.36. The summed E-state index contributed by atoms with van der Waals surface area (Å²) < 4.78 is 0. The first-order chi connectivity index (χ1) is 7.83. The molecular weight excluding hydrogens is 202 g/mol. The van der Waals surface area contributed by atoms with Crippen molar-refractivity contribution < 1.29 is 0 Å². The molecule has 3 N–H and O–H groups in total. The summed E-state index contributed by atoms with van der Waals surface area (Å²) in [5.41, 5.74) is 5.68. The van der Waals surface area contributed by atoms with Crippen LogP contribution in [0, 0.1) is 5.92 Å². The number of aromatic nitrogens is 2. The lowest BCUT2D eigenvalue weighted by molar-refractivity contribution is 0.413. The van der Waals surface area contributed by atoms with Crippen LogP contribution in [-0.2, 0) is 0 Å². The smallest absolute Gasteiger partial charge is 0.134 e. The van der Waals surface area contributed by atoms with Crippen molar-refractivity contribution in [2.45, 2.75) is 12.8 Å². The topological polar surface area (TPSA) is 67.1 Å². The molecule has 16 heavy (non-hydrogen) atoms. The molecule has 0 aromatic carbocycles. The summed E-state index contributed by atoms with van der Waals surface area (Å²) in [7, 11) is 1.87. The van der Waals surface area contributed by atoms with Gasteiger partial charge in [0.2, 0.25) is 0 Å². The van der Waals surface area contributed by atoms with E-state index in [0.29, 0.717) is 5.92 Å². The Balaban J connectivity index is 2.02. The van der Waals surface area contributed by atoms with Crippen molar-refractivity contribution in [2.75, 3.05) is 36.9 Å². The molecule has 2 heterocycles. The van der Waals surface area contributed by atoms with E-state index < -0.39 is 0 Å². The molecule has 0 bridgehead atoms. The van der Waals surface area contributed by atoms with E-state index >= 15 is 0 Å². The van der Waals surface area contributed by atoms with Crippen molar-refractivity contribution in [2.24, 2.45) is 11.7 Å². The van der Waals surface area contributed by atoms with Crippen molar-refractivity contribution in [3.05, 3.63) is 12.4 Å². The molecule has 1 aromatic heterocycles. The summed E-state index contributed by atoms with van der Waals surface area (Å²) >= 11 is 0. The molecular formula is C11H19N5. The predicted molar refractivity (Wildman–Crippen MR) is 65.6 cm³/mol. The monoisotopic (exact) mass is 221 g/mol. The number of rotatable bonds is 3. The van der Waals surface area contributed by atoms with Crippen LogP contribution < -0.4 is 16.0 Å². The first-order valence-electron chi connectivity index (χ1n) is 5.78. The van der Waals surface area contributed by atoms with Crippen LogP contribution in [0.4, 0.5) is 11.6 Å². The summed E-state index contributed by atoms with van der Waals surface area (Å²) in [6.07, 6.45) is 3.93. The zero-order valence-electron chi connectivity index (χ0n) is 9.69. The van der Waals surface area contributed by atoms with E-state index in [1.165, 1.54) is 0 Å². The molecule has 88 valence electrons. The van der Waals surface area contributed by atoms with E-state index in [2.05, 4.69) is 20.2 Å². The maximum atomic E-state index is 5.68. The van der Waals surface area contributed by atoms with Gasteiger partial charge in [-0.2, -0.15) is 0 Å². The number of hydrogen-bond donors (Lipinski definition) is 2. The maximum absolute atomic E-state index is 5.68. The average Bonchev–Trinajstić information content (AvgIpc) is 2.39. The molecule has 0 saturated carbocycles. The van der Waals surface area contributed by atoms with Gasteiger partial charge in [-0.25, -0.2) is 9.97 Å². The molecule has 2 rings (SSSR count). The molecule has 1 saturated heterocycles. The van der Waals surface area contributed by atoms with Crippen LogP contribution >= 0.6 is 0 Å². The molecule has 5 nitrogen and oxygen atoms in total. The Bertz CT molecular complexity index is 333. The normalized spacial score (nSPS) is 17.5. The van der Waals surface area contributed by atoms with Crippen LogP contribution in [0.2, 0.25) is 0 Å². The third-order valence-electron chi connectivity index (χ3n) is 3.18. The largest absolute Gasteiger partial charge is 0.373 e. The third-order valence-corrected chi connectivity index (χ3v) is 3.18.